The van der Waals surface area contributed by atoms with E-state index in [1.807, 2.05) is 0 Å². The van der Waals surface area contributed by atoms with Gasteiger partial charge in [0.05, 0.1) is 11.5 Å². The summed E-state index contributed by atoms with van der Waals surface area (Å²) in [6.45, 7) is 0.484. The predicted molar refractivity (Wildman–Crippen MR) is 122 cm³/mol. The molecule has 0 unspecified atom stereocenters. The Hall–Kier alpha value is -2.75. The van der Waals surface area contributed by atoms with E-state index in [2.05, 4.69) is 20.4 Å². The Bertz CT molecular complexity index is 1140. The fourth-order valence-electron chi connectivity index (χ4n) is 5.68. The third kappa shape index (κ3) is 6.36. The van der Waals surface area contributed by atoms with Crippen molar-refractivity contribution in [2.75, 3.05) is 19.7 Å². The van der Waals surface area contributed by atoms with Crippen LogP contribution in [0.4, 0.5) is 26.3 Å². The minimum atomic E-state index is -5.10. The molecule has 0 radical (unpaired) electrons. The largest absolute Gasteiger partial charge is 0.522 e. The van der Waals surface area contributed by atoms with Crippen LogP contribution in [0.25, 0.3) is 0 Å². The lowest BCUT2D eigenvalue weighted by Crippen LogP contribution is -2.54. The van der Waals surface area contributed by atoms with E-state index in [1.54, 1.807) is 0 Å². The van der Waals surface area contributed by atoms with E-state index in [0.29, 0.717) is 12.8 Å². The lowest BCUT2D eigenvalue weighted by atomic mass is 9.81. The number of likely N-dealkylation sites (tertiary alicyclic amines) is 1. The van der Waals surface area contributed by atoms with Gasteiger partial charge in [-0.2, -0.15) is 13.2 Å². The van der Waals surface area contributed by atoms with Crippen molar-refractivity contribution in [3.63, 3.8) is 0 Å². The number of fused-ring (bicyclic) bond motifs is 1. The first-order chi connectivity index (χ1) is 18.1. The zero-order valence-electron chi connectivity index (χ0n) is 20.7. The van der Waals surface area contributed by atoms with Gasteiger partial charge in [-0.05, 0) is 37.5 Å². The van der Waals surface area contributed by atoms with E-state index in [0.717, 1.165) is 16.7 Å². The van der Waals surface area contributed by atoms with Crippen LogP contribution in [0.3, 0.4) is 0 Å². The summed E-state index contributed by atoms with van der Waals surface area (Å²) < 4.78 is 80.6. The number of carbonyl (C=O) groups excluding carboxylic acids is 4. The normalized spacial score (nSPS) is 27.8. The van der Waals surface area contributed by atoms with Gasteiger partial charge in [0, 0.05) is 18.5 Å². The zero-order chi connectivity index (χ0) is 28.8. The summed E-state index contributed by atoms with van der Waals surface area (Å²) >= 11 is 0.242. The number of hydrogen-bond acceptors (Lipinski definition) is 7. The van der Waals surface area contributed by atoms with Gasteiger partial charge in [-0.1, -0.05) is 13.3 Å². The Kier molecular flexibility index (Phi) is 8.00. The number of alkyl halides is 6. The summed E-state index contributed by atoms with van der Waals surface area (Å²) in [5.74, 6) is -3.75. The molecular formula is C23H26F6N4O5S. The minimum Gasteiger partial charge on any atom is -0.356 e. The lowest BCUT2D eigenvalue weighted by Gasteiger charge is -2.31. The van der Waals surface area contributed by atoms with Gasteiger partial charge in [-0.25, -0.2) is 4.98 Å². The Morgan fingerprint density at radius 2 is 1.97 bits per heavy atom. The maximum atomic E-state index is 13.6. The van der Waals surface area contributed by atoms with Gasteiger partial charge in [-0.3, -0.25) is 23.9 Å². The molecule has 216 valence electrons. The van der Waals surface area contributed by atoms with Crippen LogP contribution in [0, 0.1) is 17.3 Å². The number of carbonyl (C=O) groups is 4. The van der Waals surface area contributed by atoms with Crippen LogP contribution in [-0.2, 0) is 25.3 Å². The Balaban J connectivity index is 1.57. The van der Waals surface area contributed by atoms with E-state index in [4.69, 9.17) is 0 Å². The molecule has 0 bridgehead atoms. The van der Waals surface area contributed by atoms with Gasteiger partial charge in [0.1, 0.15) is 18.3 Å². The predicted octanol–water partition coefficient (Wildman–Crippen LogP) is 2.91. The first-order valence-corrected chi connectivity index (χ1v) is 13.1. The van der Waals surface area contributed by atoms with Crippen molar-refractivity contribution in [3.05, 3.63) is 16.1 Å². The number of aromatic nitrogens is 1. The second kappa shape index (κ2) is 10.7. The van der Waals surface area contributed by atoms with Crippen LogP contribution in [0.1, 0.15) is 54.5 Å². The maximum absolute atomic E-state index is 13.6. The van der Waals surface area contributed by atoms with Gasteiger partial charge in [0.2, 0.25) is 11.8 Å². The number of amides is 3. The second-order valence-electron chi connectivity index (χ2n) is 10.3. The number of nitrogens with one attached hydrogen (secondary N) is 2. The van der Waals surface area contributed by atoms with E-state index < -0.39 is 70.9 Å². The topological polar surface area (TPSA) is 118 Å². The summed E-state index contributed by atoms with van der Waals surface area (Å²) in [6, 6.07) is -2.72. The molecular weight excluding hydrogens is 558 g/mol. The number of nitrogens with zero attached hydrogens (tertiary/aromatic N) is 2. The van der Waals surface area contributed by atoms with Gasteiger partial charge in [0.25, 0.3) is 5.91 Å². The summed E-state index contributed by atoms with van der Waals surface area (Å²) in [7, 11) is 0. The molecule has 16 heteroatoms. The van der Waals surface area contributed by atoms with Crippen LogP contribution >= 0.6 is 11.3 Å². The highest BCUT2D eigenvalue weighted by Gasteiger charge is 2.51. The molecule has 4 rings (SSSR count). The highest BCUT2D eigenvalue weighted by atomic mass is 32.1. The van der Waals surface area contributed by atoms with Gasteiger partial charge in [0.15, 0.2) is 10.8 Å². The Labute approximate surface area is 222 Å². The van der Waals surface area contributed by atoms with Crippen molar-refractivity contribution >= 4 is 34.8 Å². The van der Waals surface area contributed by atoms with E-state index >= 15 is 0 Å². The maximum Gasteiger partial charge on any atom is 0.522 e. The molecule has 1 aromatic rings. The molecule has 39 heavy (non-hydrogen) atoms. The molecule has 1 saturated carbocycles. The summed E-state index contributed by atoms with van der Waals surface area (Å²) in [6.07, 6.45) is -7.94. The number of Topliss-reactive ketones (excluding diaryl/α,β-unsaturated/α-hetero) is 1. The fraction of sp³-hybridized carbons (Fsp3) is 0.696. The second-order valence-corrected chi connectivity index (χ2v) is 11.2. The molecule has 5 atom stereocenters. The SMILES string of the molecule is C[C@]1(C[C@H](NC(=O)[C@@H]2[C@H]3CCC[C@H]3CN2C(=O)c2csc(C(F)(F)F)n2)C(=O)COC(F)(F)F)CCNC1=O. The number of ether oxygens (including phenoxy) is 1. The van der Waals surface area contributed by atoms with Crippen LogP contribution in [-0.4, -0.2) is 71.5 Å². The van der Waals surface area contributed by atoms with Crippen molar-refractivity contribution in [2.45, 2.75) is 63.7 Å². The monoisotopic (exact) mass is 584 g/mol. The molecule has 1 aliphatic carbocycles. The minimum absolute atomic E-state index is 0.0797. The quantitative estimate of drug-likeness (QED) is 0.454. The average molecular weight is 585 g/mol. The van der Waals surface area contributed by atoms with E-state index in [9.17, 15) is 45.5 Å². The molecule has 3 fully saturated rings. The summed E-state index contributed by atoms with van der Waals surface area (Å²) in [5, 5.41) is 4.76. The standard InChI is InChI=1S/C23H26F6N4O5S/c1-21(5-6-30-19(21)37)7-13(15(34)9-38-23(27,28)29)31-17(35)16-12-4-2-3-11(12)8-33(16)18(36)14-10-39-20(32-14)22(24,25)26/h10-13,16H,2-9H2,1H3,(H,30,37)(H,31,35)/t11-,12-,13-,16-,21+/m0/s1. The number of ketones is 1. The first kappa shape index (κ1) is 29.2. The summed E-state index contributed by atoms with van der Waals surface area (Å²) in [5.41, 5.74) is -1.63. The number of hydrogen-bond donors (Lipinski definition) is 2. The van der Waals surface area contributed by atoms with Crippen LogP contribution in [0.15, 0.2) is 5.38 Å². The molecule has 3 heterocycles. The van der Waals surface area contributed by atoms with Gasteiger partial charge < -0.3 is 15.5 Å². The van der Waals surface area contributed by atoms with Gasteiger partial charge >= 0.3 is 12.5 Å². The number of thiazole rings is 1. The average Bonchev–Trinajstić information content (AvgIpc) is 3.60. The third-order valence-electron chi connectivity index (χ3n) is 7.63. The molecule has 9 nitrogen and oxygen atoms in total. The Morgan fingerprint density at radius 3 is 2.56 bits per heavy atom. The van der Waals surface area contributed by atoms with E-state index in [1.165, 1.54) is 6.92 Å². The first-order valence-electron chi connectivity index (χ1n) is 12.2. The fourth-order valence-corrected chi connectivity index (χ4v) is 6.34. The lowest BCUT2D eigenvalue weighted by molar-refractivity contribution is -0.321. The van der Waals surface area contributed by atoms with Crippen molar-refractivity contribution in [1.82, 2.24) is 20.5 Å². The van der Waals surface area contributed by atoms with Crippen LogP contribution in [0.2, 0.25) is 0 Å². The number of halogens is 6. The van der Waals surface area contributed by atoms with Crippen molar-refractivity contribution in [3.8, 4) is 0 Å². The molecule has 1 aromatic heterocycles. The van der Waals surface area contributed by atoms with Crippen molar-refractivity contribution in [1.29, 1.82) is 0 Å². The molecule has 0 spiro atoms. The zero-order valence-corrected chi connectivity index (χ0v) is 21.5. The number of rotatable bonds is 8. The molecule has 3 amide bonds. The molecule has 2 N–H and O–H groups in total. The van der Waals surface area contributed by atoms with Crippen LogP contribution in [0.5, 0.6) is 0 Å². The van der Waals surface area contributed by atoms with Crippen molar-refractivity contribution < 1.29 is 50.3 Å². The molecule has 2 saturated heterocycles. The highest BCUT2D eigenvalue weighted by Crippen LogP contribution is 2.43. The van der Waals surface area contributed by atoms with Gasteiger partial charge in [-0.15, -0.1) is 24.5 Å². The third-order valence-corrected chi connectivity index (χ3v) is 8.52. The Morgan fingerprint density at radius 1 is 1.26 bits per heavy atom. The van der Waals surface area contributed by atoms with E-state index in [-0.39, 0.29) is 49.1 Å². The highest BCUT2D eigenvalue weighted by molar-refractivity contribution is 7.10. The van der Waals surface area contributed by atoms with Crippen molar-refractivity contribution in [2.24, 2.45) is 17.3 Å². The van der Waals surface area contributed by atoms with Crippen LogP contribution < -0.4 is 10.6 Å². The molecule has 0 aromatic carbocycles. The summed E-state index contributed by atoms with van der Waals surface area (Å²) in [4.78, 5) is 56.4. The smallest absolute Gasteiger partial charge is 0.356 e. The molecule has 2 aliphatic heterocycles. The molecule has 3 aliphatic rings.